The van der Waals surface area contributed by atoms with E-state index in [0.29, 0.717) is 5.56 Å². The summed E-state index contributed by atoms with van der Waals surface area (Å²) < 4.78 is 53.5. The highest BCUT2D eigenvalue weighted by atomic mass is 15.2. The van der Waals surface area contributed by atoms with E-state index in [1.807, 2.05) is 0 Å². The monoisotopic (exact) mass is 1470 g/mol. The van der Waals surface area contributed by atoms with Crippen molar-refractivity contribution in [3.63, 3.8) is 0 Å². The minimum atomic E-state index is -0.448. The average Bonchev–Trinajstić information content (AvgIpc) is 1.13. The van der Waals surface area contributed by atoms with Crippen LogP contribution in [0, 0.1) is 0 Å². The van der Waals surface area contributed by atoms with E-state index in [4.69, 9.17) is 1.37 Å². The van der Waals surface area contributed by atoms with Gasteiger partial charge >= 0.3 is 0 Å². The van der Waals surface area contributed by atoms with E-state index in [1.165, 1.54) is 44.2 Å². The Balaban J connectivity index is 1.02. The van der Waals surface area contributed by atoms with Crippen LogP contribution in [0.3, 0.4) is 0 Å². The molecule has 0 radical (unpaired) electrons. The first-order valence-corrected chi connectivity index (χ1v) is 40.3. The van der Waals surface area contributed by atoms with E-state index in [2.05, 4.69) is 410 Å². The van der Waals surface area contributed by atoms with Crippen LogP contribution in [0.1, 0.15) is 165 Å². The van der Waals surface area contributed by atoms with Crippen LogP contribution in [0.25, 0.3) is 111 Å². The van der Waals surface area contributed by atoms with E-state index in [1.54, 1.807) is 0 Å². The molecule has 0 amide bonds. The molecule has 2 aliphatic rings. The lowest BCUT2D eigenvalue weighted by Gasteiger charge is -2.45. The average molecular weight is 1470 g/mol. The highest BCUT2D eigenvalue weighted by Crippen LogP contribution is 2.53. The molecule has 2 aliphatic heterocycles. The summed E-state index contributed by atoms with van der Waals surface area (Å²) in [6.07, 6.45) is 0. The maximum atomic E-state index is 10.1. The van der Waals surface area contributed by atoms with Gasteiger partial charge < -0.3 is 18.9 Å². The van der Waals surface area contributed by atoms with Gasteiger partial charge in [-0.3, -0.25) is 0 Å². The largest absolute Gasteiger partial charge is 0.311 e. The summed E-state index contributed by atoms with van der Waals surface area (Å²) in [4.78, 5) is 4.94. The second-order valence-electron chi connectivity index (χ2n) is 38.0. The number of hydrogen-bond acceptors (Lipinski definition) is 2. The lowest BCUT2D eigenvalue weighted by Crippen LogP contribution is -2.61. The third kappa shape index (κ3) is 12.7. The van der Waals surface area contributed by atoms with Crippen LogP contribution in [-0.2, 0) is 32.5 Å². The predicted molar refractivity (Wildman–Crippen MR) is 489 cm³/mol. The molecule has 0 atom stereocenters. The van der Waals surface area contributed by atoms with E-state index in [-0.39, 0.29) is 50.1 Å². The van der Waals surface area contributed by atoms with Crippen LogP contribution >= 0.6 is 0 Å². The summed E-state index contributed by atoms with van der Waals surface area (Å²) in [7, 11) is 0. The van der Waals surface area contributed by atoms with Crippen LogP contribution in [0.15, 0.2) is 297 Å². The summed E-state index contributed by atoms with van der Waals surface area (Å²) in [6.45, 7) is 41.0. The van der Waals surface area contributed by atoms with Crippen LogP contribution in [0.2, 0.25) is 0 Å². The number of anilines is 6. The highest BCUT2D eigenvalue weighted by molar-refractivity contribution is 7.00. The van der Waals surface area contributed by atoms with Gasteiger partial charge in [0.15, 0.2) is 0 Å². The van der Waals surface area contributed by atoms with Gasteiger partial charge in [0.05, 0.1) is 40.3 Å². The molecule has 0 fully saturated rings. The molecule has 0 saturated heterocycles. The first-order chi connectivity index (χ1) is 55.9. The number of benzene rings is 14. The van der Waals surface area contributed by atoms with Gasteiger partial charge in [0, 0.05) is 55.7 Å². The summed E-state index contributed by atoms with van der Waals surface area (Å²) in [5.74, 6) is 0. The zero-order chi connectivity index (χ0) is 83.1. The fraction of sp³-hybridized carbons (Fsp3) is 0.222. The molecule has 0 unspecified atom stereocenters. The number of rotatable bonds is 9. The normalized spacial score (nSPS) is 14.0. The van der Waals surface area contributed by atoms with Crippen LogP contribution in [0.5, 0.6) is 0 Å². The molecular weight excluding hydrogens is 1360 g/mol. The summed E-state index contributed by atoms with van der Waals surface area (Å²) in [5, 5.41) is 4.52. The Kier molecular flexibility index (Phi) is 15.7. The summed E-state index contributed by atoms with van der Waals surface area (Å²) in [6, 6.07) is 98.0. The second kappa shape index (κ2) is 26.5. The SMILES string of the molecule is [2H]c1c([2H])c([2H])c(-c2cc3c4c(c2)N(c2cccc5c6cccc(-n7c8ccc(C(C)(C)C)cc8c8cc(C(C)(C)C)ccc87)c6n(-c6ccccc6)c25)c2cc(-c5cc(C(C)(C)C)cc(C(C)(C)C)c5)ccc2B4c2ccc(-c4cc(C(C)(C)C)cc(C(C)(C)C)c4)cc2N3c2cc(-c3ccccc3)cc(-c3ccccc3)c2)c([2H])c1[2H]. The first kappa shape index (κ1) is 67.1. The van der Waals surface area contributed by atoms with E-state index in [0.717, 1.165) is 139 Å². The quantitative estimate of drug-likeness (QED) is 0.134. The standard InChI is InChI=1S/C108H103BN4/c1-103(2,3)78-47-51-92-88(66-78)89-67-79(104(4,5)6)48-52-93(89)112(92)94-43-31-41-86-87-42-32-44-95(102(87)111(101(86)94)84-39-29-22-30-40-84)113-97-61-72(76-56-82(107(13,14)15)65-83(57-76)108(16,17)18)46-50-91(97)109-90-49-45-71(75-54-80(105(7,8)9)64-81(55-75)106(10,11)12)60-96(90)110(98-62-77(63-99(113)100(98)109)70-37-27-21-28-38-70)85-58-73(68-33-23-19-24-34-68)53-74(59-85)69-35-25-20-26-36-69/h19-67H,1-18H3/i21D,27D,28D,37D,38D. The van der Waals surface area contributed by atoms with Crippen molar-refractivity contribution in [1.82, 2.24) is 9.13 Å². The van der Waals surface area contributed by atoms with Gasteiger partial charge in [-0.15, -0.1) is 0 Å². The Morgan fingerprint density at radius 2 is 0.628 bits per heavy atom. The Labute approximate surface area is 677 Å². The van der Waals surface area contributed by atoms with E-state index >= 15 is 0 Å². The van der Waals surface area contributed by atoms with Crippen molar-refractivity contribution in [3.8, 4) is 67.0 Å². The van der Waals surface area contributed by atoms with Crippen LogP contribution in [-0.4, -0.2) is 15.8 Å². The molecule has 5 heteroatoms. The zero-order valence-corrected chi connectivity index (χ0v) is 68.8. The van der Waals surface area contributed by atoms with E-state index in [9.17, 15) is 5.48 Å². The Hall–Kier alpha value is -11.7. The lowest BCUT2D eigenvalue weighted by atomic mass is 9.33. The molecule has 113 heavy (non-hydrogen) atoms. The van der Waals surface area contributed by atoms with Gasteiger partial charge in [-0.1, -0.05) is 331 Å². The number of hydrogen-bond donors (Lipinski definition) is 0. The Morgan fingerprint density at radius 1 is 0.239 bits per heavy atom. The smallest absolute Gasteiger partial charge is 0.252 e. The number of nitrogens with zero attached hydrogens (tertiary/aromatic N) is 4. The van der Waals surface area contributed by atoms with Crippen molar-refractivity contribution in [1.29, 1.82) is 0 Å². The van der Waals surface area contributed by atoms with Crippen molar-refractivity contribution in [2.45, 2.75) is 157 Å². The summed E-state index contributed by atoms with van der Waals surface area (Å²) in [5.41, 5.74) is 30.5. The van der Waals surface area contributed by atoms with Crippen molar-refractivity contribution >= 4 is 101 Å². The van der Waals surface area contributed by atoms with Crippen molar-refractivity contribution < 1.29 is 6.85 Å². The minimum Gasteiger partial charge on any atom is -0.311 e. The van der Waals surface area contributed by atoms with Gasteiger partial charge in [0.1, 0.15) is 0 Å². The molecule has 14 aromatic carbocycles. The number of aromatic nitrogens is 2. The zero-order valence-electron chi connectivity index (χ0n) is 73.8. The molecule has 0 aliphatic carbocycles. The highest BCUT2D eigenvalue weighted by Gasteiger charge is 2.45. The predicted octanol–water partition coefficient (Wildman–Crippen LogP) is 28.1. The van der Waals surface area contributed by atoms with Crippen LogP contribution in [0.4, 0.5) is 34.1 Å². The van der Waals surface area contributed by atoms with E-state index < -0.39 is 24.8 Å². The molecule has 558 valence electrons. The maximum Gasteiger partial charge on any atom is 0.252 e. The molecule has 0 N–H and O–H groups in total. The molecule has 0 bridgehead atoms. The first-order valence-electron chi connectivity index (χ1n) is 42.8. The molecular formula is C108H103BN4. The van der Waals surface area contributed by atoms with Crippen molar-refractivity contribution in [2.24, 2.45) is 0 Å². The van der Waals surface area contributed by atoms with Gasteiger partial charge in [-0.05, 0) is 229 Å². The third-order valence-electron chi connectivity index (χ3n) is 24.0. The molecule has 18 rings (SSSR count). The summed E-state index contributed by atoms with van der Waals surface area (Å²) >= 11 is 0. The maximum absolute atomic E-state index is 10.1. The molecule has 0 spiro atoms. The van der Waals surface area contributed by atoms with Gasteiger partial charge in [0.25, 0.3) is 6.71 Å². The topological polar surface area (TPSA) is 16.3 Å². The Bertz CT molecular complexity index is 6580. The molecule has 4 nitrogen and oxygen atoms in total. The van der Waals surface area contributed by atoms with Crippen molar-refractivity contribution in [2.75, 3.05) is 9.80 Å². The third-order valence-corrected chi connectivity index (χ3v) is 24.0. The van der Waals surface area contributed by atoms with Gasteiger partial charge in [0.2, 0.25) is 0 Å². The van der Waals surface area contributed by atoms with Gasteiger partial charge in [-0.25, -0.2) is 0 Å². The molecule has 0 saturated carbocycles. The van der Waals surface area contributed by atoms with Gasteiger partial charge in [-0.2, -0.15) is 0 Å². The fourth-order valence-corrected chi connectivity index (χ4v) is 17.6. The molecule has 4 heterocycles. The minimum absolute atomic E-state index is 0.103. The number of para-hydroxylation sites is 3. The molecule has 2 aromatic heterocycles. The number of fused-ring (bicyclic) bond motifs is 10. The van der Waals surface area contributed by atoms with Crippen molar-refractivity contribution in [3.05, 3.63) is 331 Å². The Morgan fingerprint density at radius 3 is 1.08 bits per heavy atom. The molecule has 16 aromatic rings. The van der Waals surface area contributed by atoms with Crippen LogP contribution < -0.4 is 26.2 Å². The lowest BCUT2D eigenvalue weighted by molar-refractivity contribution is 0.568. The fourth-order valence-electron chi connectivity index (χ4n) is 17.6. The second-order valence-corrected chi connectivity index (χ2v) is 38.0.